The average molecular weight is 660 g/mol. The van der Waals surface area contributed by atoms with E-state index < -0.39 is 30.3 Å². The van der Waals surface area contributed by atoms with Crippen LogP contribution in [0, 0.1) is 0 Å². The van der Waals surface area contributed by atoms with E-state index >= 15 is 0 Å². The van der Waals surface area contributed by atoms with Crippen LogP contribution in [0.25, 0.3) is 22.4 Å². The molecule has 0 radical (unpaired) electrons. The number of hydrogen-bond acceptors (Lipinski definition) is 6. The van der Waals surface area contributed by atoms with Crippen molar-refractivity contribution in [2.24, 2.45) is 0 Å². The number of alkyl halides is 3. The minimum atomic E-state index is -4.49. The SMILES string of the molecule is CCN(C)C(=O)CN(C)Cc1ccc(-c2c(N(C)C)n[nH]c2-c2c[nH]c(C(=O)NC(CO)c3ccc(C(F)(F)F)cc3)c2)cc1Cl. The van der Waals surface area contributed by atoms with Crippen LogP contribution < -0.4 is 10.2 Å². The van der Waals surface area contributed by atoms with Gasteiger partial charge in [-0.3, -0.25) is 19.6 Å². The highest BCUT2D eigenvalue weighted by atomic mass is 35.5. The van der Waals surface area contributed by atoms with Crippen LogP contribution in [0.2, 0.25) is 5.02 Å². The molecule has 246 valence electrons. The van der Waals surface area contributed by atoms with Crippen molar-refractivity contribution >= 4 is 29.2 Å². The number of amides is 2. The molecule has 1 unspecified atom stereocenters. The highest BCUT2D eigenvalue weighted by Gasteiger charge is 2.30. The van der Waals surface area contributed by atoms with Gasteiger partial charge in [-0.1, -0.05) is 35.9 Å². The number of aromatic nitrogens is 3. The first-order valence-corrected chi connectivity index (χ1v) is 14.9. The van der Waals surface area contributed by atoms with E-state index in [0.29, 0.717) is 40.8 Å². The molecule has 2 amide bonds. The van der Waals surface area contributed by atoms with E-state index in [0.717, 1.165) is 28.8 Å². The molecule has 2 aromatic carbocycles. The van der Waals surface area contributed by atoms with E-state index in [-0.39, 0.29) is 18.1 Å². The summed E-state index contributed by atoms with van der Waals surface area (Å²) in [7, 11) is 7.32. The lowest BCUT2D eigenvalue weighted by atomic mass is 10.00. The van der Waals surface area contributed by atoms with Crippen LogP contribution in [-0.2, 0) is 17.5 Å². The van der Waals surface area contributed by atoms with Crippen LogP contribution >= 0.6 is 11.6 Å². The lowest BCUT2D eigenvalue weighted by Crippen LogP contribution is -2.36. The molecule has 0 saturated carbocycles. The maximum atomic E-state index is 13.1. The Labute approximate surface area is 270 Å². The van der Waals surface area contributed by atoms with Gasteiger partial charge in [0.2, 0.25) is 5.91 Å². The lowest BCUT2D eigenvalue weighted by molar-refractivity contribution is -0.137. The summed E-state index contributed by atoms with van der Waals surface area (Å²) in [5.41, 5.74) is 3.29. The topological polar surface area (TPSA) is 121 Å². The van der Waals surface area contributed by atoms with Gasteiger partial charge in [0.1, 0.15) is 5.69 Å². The summed E-state index contributed by atoms with van der Waals surface area (Å²) in [5, 5.41) is 20.6. The van der Waals surface area contributed by atoms with E-state index in [9.17, 15) is 27.9 Å². The van der Waals surface area contributed by atoms with E-state index in [1.165, 1.54) is 12.1 Å². The predicted molar refractivity (Wildman–Crippen MR) is 172 cm³/mol. The largest absolute Gasteiger partial charge is 0.416 e. The van der Waals surface area contributed by atoms with Crippen LogP contribution in [-0.4, -0.2) is 89.8 Å². The van der Waals surface area contributed by atoms with Gasteiger partial charge in [-0.15, -0.1) is 0 Å². The highest BCUT2D eigenvalue weighted by molar-refractivity contribution is 6.31. The lowest BCUT2D eigenvalue weighted by Gasteiger charge is -2.21. The van der Waals surface area contributed by atoms with Crippen molar-refractivity contribution in [2.45, 2.75) is 25.7 Å². The van der Waals surface area contributed by atoms with E-state index in [2.05, 4.69) is 20.5 Å². The molecule has 14 heteroatoms. The molecule has 0 aliphatic carbocycles. The summed E-state index contributed by atoms with van der Waals surface area (Å²) in [5.74, 6) is 0.0978. The Morgan fingerprint density at radius 1 is 1.04 bits per heavy atom. The van der Waals surface area contributed by atoms with Gasteiger partial charge in [-0.05, 0) is 54.9 Å². The van der Waals surface area contributed by atoms with Crippen LogP contribution in [0.5, 0.6) is 0 Å². The maximum Gasteiger partial charge on any atom is 0.416 e. The number of nitrogens with zero attached hydrogens (tertiary/aromatic N) is 4. The highest BCUT2D eigenvalue weighted by Crippen LogP contribution is 2.39. The second-order valence-electron chi connectivity index (χ2n) is 11.2. The minimum Gasteiger partial charge on any atom is -0.394 e. The van der Waals surface area contributed by atoms with Crippen molar-refractivity contribution in [2.75, 3.05) is 52.8 Å². The third-order valence-electron chi connectivity index (χ3n) is 7.60. The molecular weight excluding hydrogens is 623 g/mol. The first-order chi connectivity index (χ1) is 21.7. The molecule has 0 spiro atoms. The number of benzene rings is 2. The first-order valence-electron chi connectivity index (χ1n) is 14.5. The molecule has 46 heavy (non-hydrogen) atoms. The average Bonchev–Trinajstić information content (AvgIpc) is 3.68. The summed E-state index contributed by atoms with van der Waals surface area (Å²) in [6.07, 6.45) is -2.86. The molecule has 2 aromatic heterocycles. The summed E-state index contributed by atoms with van der Waals surface area (Å²) in [4.78, 5) is 33.8. The molecule has 2 heterocycles. The Bertz CT molecular complexity index is 1670. The van der Waals surface area contributed by atoms with Crippen LogP contribution in [0.4, 0.5) is 19.0 Å². The number of aliphatic hydroxyl groups is 1. The van der Waals surface area contributed by atoms with E-state index in [1.807, 2.05) is 56.1 Å². The fourth-order valence-electron chi connectivity index (χ4n) is 4.89. The van der Waals surface area contributed by atoms with Gasteiger partial charge in [-0.2, -0.15) is 18.3 Å². The molecule has 10 nitrogen and oxygen atoms in total. The Balaban J connectivity index is 1.56. The molecule has 0 aliphatic heterocycles. The molecule has 0 fully saturated rings. The predicted octanol–water partition coefficient (Wildman–Crippen LogP) is 5.18. The smallest absolute Gasteiger partial charge is 0.394 e. The van der Waals surface area contributed by atoms with Gasteiger partial charge in [-0.25, -0.2) is 0 Å². The first kappa shape index (κ1) is 34.5. The number of aromatic amines is 2. The minimum absolute atomic E-state index is 0.0161. The Morgan fingerprint density at radius 3 is 2.33 bits per heavy atom. The number of aliphatic hydroxyl groups excluding tert-OH is 1. The third-order valence-corrected chi connectivity index (χ3v) is 7.95. The number of rotatable bonds is 12. The fraction of sp³-hybridized carbons (Fsp3) is 0.344. The third kappa shape index (κ3) is 7.90. The second-order valence-corrected chi connectivity index (χ2v) is 11.6. The Morgan fingerprint density at radius 2 is 1.74 bits per heavy atom. The normalized spacial score (nSPS) is 12.3. The standard InChI is InChI=1S/C32H37ClF3N7O3/c1-6-43(5)27(45)17-42(4)16-21-8-7-20(13-24(21)33)28-29(39-40-30(28)41(2)3)22-14-25(37-15-22)31(46)38-26(18-44)19-9-11-23(12-10-19)32(34,35)36/h7-15,26,37,44H,6,16-18H2,1-5H3,(H,38,46)(H,39,40). The maximum absolute atomic E-state index is 13.1. The van der Waals surface area contributed by atoms with Crippen molar-refractivity contribution in [3.63, 3.8) is 0 Å². The summed E-state index contributed by atoms with van der Waals surface area (Å²) in [6.45, 7) is 2.76. The van der Waals surface area contributed by atoms with Crippen molar-refractivity contribution in [1.82, 2.24) is 30.3 Å². The van der Waals surface area contributed by atoms with Gasteiger partial charge in [0.15, 0.2) is 5.82 Å². The number of carbonyl (C=O) groups is 2. The zero-order chi connectivity index (χ0) is 33.8. The zero-order valence-electron chi connectivity index (χ0n) is 26.2. The molecule has 4 rings (SSSR count). The number of likely N-dealkylation sites (N-methyl/N-ethyl adjacent to an activating group) is 2. The van der Waals surface area contributed by atoms with E-state index in [4.69, 9.17) is 11.6 Å². The van der Waals surface area contributed by atoms with Crippen molar-refractivity contribution in [3.8, 4) is 22.4 Å². The number of carbonyl (C=O) groups excluding carboxylic acids is 2. The molecule has 0 saturated heterocycles. The molecule has 0 bridgehead atoms. The number of H-pyrrole nitrogens is 2. The monoisotopic (exact) mass is 659 g/mol. The van der Waals surface area contributed by atoms with Crippen LogP contribution in [0.1, 0.15) is 40.1 Å². The Hall–Kier alpha value is -4.33. The zero-order valence-corrected chi connectivity index (χ0v) is 26.9. The number of anilines is 1. The van der Waals surface area contributed by atoms with Gasteiger partial charge in [0.25, 0.3) is 5.91 Å². The Kier molecular flexibility index (Phi) is 10.8. The van der Waals surface area contributed by atoms with Gasteiger partial charge < -0.3 is 25.2 Å². The van der Waals surface area contributed by atoms with Crippen molar-refractivity contribution < 1.29 is 27.9 Å². The van der Waals surface area contributed by atoms with Gasteiger partial charge in [0.05, 0.1) is 36.0 Å². The molecular formula is C32H37ClF3N7O3. The summed E-state index contributed by atoms with van der Waals surface area (Å²) < 4.78 is 38.9. The number of hydrogen-bond donors (Lipinski definition) is 4. The molecule has 4 N–H and O–H groups in total. The second kappa shape index (κ2) is 14.4. The van der Waals surface area contributed by atoms with Crippen LogP contribution in [0.3, 0.4) is 0 Å². The van der Waals surface area contributed by atoms with E-state index in [1.54, 1.807) is 24.2 Å². The molecule has 1 atom stereocenters. The summed E-state index contributed by atoms with van der Waals surface area (Å²) in [6, 6.07) is 10.6. The van der Waals surface area contributed by atoms with Crippen molar-refractivity contribution in [1.29, 1.82) is 0 Å². The number of halogens is 4. The van der Waals surface area contributed by atoms with Crippen molar-refractivity contribution in [3.05, 3.63) is 82.1 Å². The van der Waals surface area contributed by atoms with Gasteiger partial charge in [0, 0.05) is 51.0 Å². The van der Waals surface area contributed by atoms with Crippen LogP contribution in [0.15, 0.2) is 54.7 Å². The number of nitrogens with one attached hydrogen (secondary N) is 3. The fourth-order valence-corrected chi connectivity index (χ4v) is 5.13. The molecule has 4 aromatic rings. The molecule has 0 aliphatic rings. The quantitative estimate of drug-likeness (QED) is 0.166. The van der Waals surface area contributed by atoms with Gasteiger partial charge >= 0.3 is 6.18 Å². The summed E-state index contributed by atoms with van der Waals surface area (Å²) >= 11 is 6.73.